The zero-order chi connectivity index (χ0) is 29.9. The van der Waals surface area contributed by atoms with Crippen LogP contribution in [0.5, 0.6) is 5.75 Å². The number of nitrogens with zero attached hydrogens (tertiary/aromatic N) is 1. The molecule has 42 heavy (non-hydrogen) atoms. The molecule has 222 valence electrons. The van der Waals surface area contributed by atoms with Crippen LogP contribution in [0.4, 0.5) is 4.39 Å². The Morgan fingerprint density at radius 2 is 1.76 bits per heavy atom. The van der Waals surface area contributed by atoms with E-state index in [2.05, 4.69) is 53.3 Å². The van der Waals surface area contributed by atoms with E-state index < -0.39 is 6.10 Å². The number of ether oxygens (including phenoxy) is 1. The van der Waals surface area contributed by atoms with Crippen molar-refractivity contribution in [3.05, 3.63) is 113 Å². The van der Waals surface area contributed by atoms with Crippen LogP contribution >= 0.6 is 0 Å². The van der Waals surface area contributed by atoms with Crippen molar-refractivity contribution < 1.29 is 18.7 Å². The maximum Gasteiger partial charge on any atom is 0.251 e. The Kier molecular flexibility index (Phi) is 11.3. The fraction of sp³-hybridized carbons (Fsp3) is 0.371. The highest BCUT2D eigenvalue weighted by molar-refractivity contribution is 5.94. The number of hydrogen-bond donors (Lipinski definition) is 2. The molecule has 1 aliphatic rings. The Morgan fingerprint density at radius 1 is 1.02 bits per heavy atom. The first-order valence-electron chi connectivity index (χ1n) is 14.9. The predicted molar refractivity (Wildman–Crippen MR) is 165 cm³/mol. The monoisotopic (exact) mass is 571 g/mol. The number of halogens is 1. The van der Waals surface area contributed by atoms with Crippen LogP contribution in [0.1, 0.15) is 70.8 Å². The lowest BCUT2D eigenvalue weighted by Crippen LogP contribution is -2.38. The minimum absolute atomic E-state index is 0.135. The van der Waals surface area contributed by atoms with Crippen LogP contribution in [0.25, 0.3) is 0 Å². The second-order valence-corrected chi connectivity index (χ2v) is 11.0. The van der Waals surface area contributed by atoms with Crippen molar-refractivity contribution in [1.82, 2.24) is 15.5 Å². The van der Waals surface area contributed by atoms with E-state index in [1.165, 1.54) is 36.1 Å². The van der Waals surface area contributed by atoms with Crippen molar-refractivity contribution in [1.29, 1.82) is 0 Å². The molecule has 2 amide bonds. The number of carbonyl (C=O) groups excluding carboxylic acids is 2. The summed E-state index contributed by atoms with van der Waals surface area (Å²) in [5.74, 6) is 0.693. The van der Waals surface area contributed by atoms with Gasteiger partial charge in [0.25, 0.3) is 5.91 Å². The number of nitrogens with one attached hydrogen (secondary N) is 2. The molecule has 1 aliphatic carbocycles. The zero-order valence-corrected chi connectivity index (χ0v) is 24.7. The molecule has 1 unspecified atom stereocenters. The van der Waals surface area contributed by atoms with E-state index >= 15 is 0 Å². The lowest BCUT2D eigenvalue weighted by molar-refractivity contribution is -0.116. The molecule has 4 rings (SSSR count). The number of benzene rings is 3. The Morgan fingerprint density at radius 3 is 2.40 bits per heavy atom. The minimum atomic E-state index is -0.451. The third-order valence-electron chi connectivity index (χ3n) is 7.57. The topological polar surface area (TPSA) is 70.7 Å². The quantitative estimate of drug-likeness (QED) is 0.203. The van der Waals surface area contributed by atoms with Crippen LogP contribution in [0, 0.1) is 12.7 Å². The van der Waals surface area contributed by atoms with Crippen molar-refractivity contribution in [2.45, 2.75) is 51.6 Å². The van der Waals surface area contributed by atoms with Crippen molar-refractivity contribution in [2.24, 2.45) is 0 Å². The first-order valence-corrected chi connectivity index (χ1v) is 14.9. The summed E-state index contributed by atoms with van der Waals surface area (Å²) >= 11 is 0. The minimum Gasteiger partial charge on any atom is -0.484 e. The fourth-order valence-corrected chi connectivity index (χ4v) is 4.92. The van der Waals surface area contributed by atoms with Gasteiger partial charge in [-0.2, -0.15) is 0 Å². The van der Waals surface area contributed by atoms with Gasteiger partial charge in [0.2, 0.25) is 5.91 Å². The largest absolute Gasteiger partial charge is 0.484 e. The highest BCUT2D eigenvalue weighted by Crippen LogP contribution is 2.39. The number of rotatable bonds is 16. The molecule has 1 saturated carbocycles. The van der Waals surface area contributed by atoms with E-state index in [1.54, 1.807) is 37.3 Å². The summed E-state index contributed by atoms with van der Waals surface area (Å²) in [4.78, 5) is 26.5. The SMILES string of the molecule is C=CC(=O)NCCN(CCC)CC(Oc1ccc(C(=O)NCCc2ccc(C3CC3)cc2)cc1)c1ccc(C)c(F)c1. The van der Waals surface area contributed by atoms with Crippen molar-refractivity contribution in [3.8, 4) is 5.75 Å². The molecule has 6 nitrogen and oxygen atoms in total. The van der Waals surface area contributed by atoms with Gasteiger partial charge in [-0.1, -0.05) is 49.9 Å². The summed E-state index contributed by atoms with van der Waals surface area (Å²) in [6, 6.07) is 20.9. The lowest BCUT2D eigenvalue weighted by atomic mass is 10.1. The average Bonchev–Trinajstić information content (AvgIpc) is 3.85. The van der Waals surface area contributed by atoms with Crippen molar-refractivity contribution in [2.75, 3.05) is 32.7 Å². The molecule has 0 aliphatic heterocycles. The third-order valence-corrected chi connectivity index (χ3v) is 7.57. The molecule has 3 aromatic carbocycles. The molecule has 1 fully saturated rings. The maximum absolute atomic E-state index is 14.5. The Bertz CT molecular complexity index is 1340. The maximum atomic E-state index is 14.5. The second-order valence-electron chi connectivity index (χ2n) is 11.0. The van der Waals surface area contributed by atoms with Crippen molar-refractivity contribution >= 4 is 11.8 Å². The van der Waals surface area contributed by atoms with Gasteiger partial charge in [-0.05, 0) is 104 Å². The van der Waals surface area contributed by atoms with Gasteiger partial charge in [-0.25, -0.2) is 4.39 Å². The first-order chi connectivity index (χ1) is 20.4. The standard InChI is InChI=1S/C35H42FN3O3/c1-4-21-39(22-20-37-34(40)5-2)24-33(30-9-6-25(3)32(36)23-30)42-31-16-14-29(15-17-31)35(41)38-19-18-26-7-10-27(11-8-26)28-12-13-28/h5-11,14-17,23,28,33H,2,4,12-13,18-22,24H2,1,3H3,(H,37,40)(H,38,41). The van der Waals surface area contributed by atoms with Gasteiger partial charge >= 0.3 is 0 Å². The number of aryl methyl sites for hydroxylation is 1. The summed E-state index contributed by atoms with van der Waals surface area (Å²) < 4.78 is 20.9. The van der Waals surface area contributed by atoms with Crippen LogP contribution < -0.4 is 15.4 Å². The van der Waals surface area contributed by atoms with Crippen LogP contribution in [-0.4, -0.2) is 49.4 Å². The van der Waals surface area contributed by atoms with Crippen LogP contribution in [0.2, 0.25) is 0 Å². The van der Waals surface area contributed by atoms with E-state index in [9.17, 15) is 14.0 Å². The molecule has 0 bridgehead atoms. The lowest BCUT2D eigenvalue weighted by Gasteiger charge is -2.28. The molecule has 0 heterocycles. The van der Waals surface area contributed by atoms with Gasteiger partial charge in [0.15, 0.2) is 0 Å². The van der Waals surface area contributed by atoms with Crippen LogP contribution in [-0.2, 0) is 11.2 Å². The van der Waals surface area contributed by atoms with Gasteiger partial charge in [-0.15, -0.1) is 0 Å². The summed E-state index contributed by atoms with van der Waals surface area (Å²) in [5.41, 5.74) is 4.47. The van der Waals surface area contributed by atoms with E-state index in [4.69, 9.17) is 4.74 Å². The third kappa shape index (κ3) is 9.28. The molecule has 7 heteroatoms. The summed E-state index contributed by atoms with van der Waals surface area (Å²) in [7, 11) is 0. The molecule has 2 N–H and O–H groups in total. The van der Waals surface area contributed by atoms with Crippen LogP contribution in [0.15, 0.2) is 79.4 Å². The van der Waals surface area contributed by atoms with E-state index in [0.29, 0.717) is 43.1 Å². The number of amides is 2. The van der Waals surface area contributed by atoms with Gasteiger partial charge in [0.05, 0.1) is 0 Å². The molecular weight excluding hydrogens is 529 g/mol. The summed E-state index contributed by atoms with van der Waals surface area (Å²) in [6.45, 7) is 10.3. The van der Waals surface area contributed by atoms with Crippen LogP contribution in [0.3, 0.4) is 0 Å². The van der Waals surface area contributed by atoms with E-state index in [0.717, 1.165) is 30.9 Å². The predicted octanol–water partition coefficient (Wildman–Crippen LogP) is 6.12. The smallest absolute Gasteiger partial charge is 0.251 e. The Labute approximate surface area is 249 Å². The Hall–Kier alpha value is -3.97. The Balaban J connectivity index is 1.37. The highest BCUT2D eigenvalue weighted by atomic mass is 19.1. The average molecular weight is 572 g/mol. The van der Waals surface area contributed by atoms with Gasteiger partial charge in [-0.3, -0.25) is 14.5 Å². The molecule has 0 saturated heterocycles. The first kappa shape index (κ1) is 31.0. The molecule has 0 aromatic heterocycles. The van der Waals surface area contributed by atoms with E-state index in [1.807, 2.05) is 6.07 Å². The van der Waals surface area contributed by atoms with E-state index in [-0.39, 0.29) is 17.6 Å². The summed E-state index contributed by atoms with van der Waals surface area (Å²) in [5, 5.41) is 5.81. The number of carbonyl (C=O) groups is 2. The van der Waals surface area contributed by atoms with Crippen molar-refractivity contribution in [3.63, 3.8) is 0 Å². The van der Waals surface area contributed by atoms with Gasteiger partial charge in [0.1, 0.15) is 17.7 Å². The van der Waals surface area contributed by atoms with Gasteiger partial charge in [0, 0.05) is 31.7 Å². The molecule has 0 radical (unpaired) electrons. The zero-order valence-electron chi connectivity index (χ0n) is 24.7. The highest BCUT2D eigenvalue weighted by Gasteiger charge is 2.23. The second kappa shape index (κ2) is 15.3. The van der Waals surface area contributed by atoms with Gasteiger partial charge < -0.3 is 15.4 Å². The molecular formula is C35H42FN3O3. The normalized spacial score (nSPS) is 13.4. The molecule has 3 aromatic rings. The number of hydrogen-bond acceptors (Lipinski definition) is 4. The summed E-state index contributed by atoms with van der Waals surface area (Å²) in [6.07, 6.45) is 5.08. The molecule has 0 spiro atoms. The fourth-order valence-electron chi connectivity index (χ4n) is 4.92. The molecule has 1 atom stereocenters.